The summed E-state index contributed by atoms with van der Waals surface area (Å²) in [5.74, 6) is 0.530. The van der Waals surface area contributed by atoms with Crippen LogP contribution in [0.5, 0.6) is 0 Å². The number of anilines is 2. The van der Waals surface area contributed by atoms with Gasteiger partial charge in [0.15, 0.2) is 15.0 Å². The second-order valence-corrected chi connectivity index (χ2v) is 9.69. The van der Waals surface area contributed by atoms with Crippen LogP contribution in [0.2, 0.25) is 0 Å². The molecule has 2 aromatic rings. The van der Waals surface area contributed by atoms with Gasteiger partial charge in [-0.3, -0.25) is 4.90 Å². The van der Waals surface area contributed by atoms with Crippen LogP contribution in [-0.4, -0.2) is 42.4 Å². The minimum Gasteiger partial charge on any atom is -0.331 e. The van der Waals surface area contributed by atoms with Crippen molar-refractivity contribution >= 4 is 32.0 Å². The average molecular weight is 378 g/mol. The number of sulfone groups is 1. The minimum absolute atomic E-state index is 0.0675. The van der Waals surface area contributed by atoms with Crippen LogP contribution in [0.1, 0.15) is 16.9 Å². The lowest BCUT2D eigenvalue weighted by molar-refractivity contribution is 0.228. The lowest BCUT2D eigenvalue weighted by Gasteiger charge is -2.25. The van der Waals surface area contributed by atoms with E-state index in [0.717, 1.165) is 15.7 Å². The first-order valence-corrected chi connectivity index (χ1v) is 10.9. The standard InChI is InChI=1S/C18H23N3O2S2/c1-3-9-21(15-8-10-25(22,23)13-15)12-16-11-19-18(24-16)20-17-7-5-4-6-14(17)2/h3-7,11,15H,1,8-10,12-13H2,2H3,(H,19,20)/t15-/m0/s1. The van der Waals surface area contributed by atoms with Gasteiger partial charge in [-0.05, 0) is 25.0 Å². The fourth-order valence-corrected chi connectivity index (χ4v) is 5.65. The fourth-order valence-electron chi connectivity index (χ4n) is 3.04. The summed E-state index contributed by atoms with van der Waals surface area (Å²) in [4.78, 5) is 7.75. The summed E-state index contributed by atoms with van der Waals surface area (Å²) in [7, 11) is -2.89. The maximum atomic E-state index is 11.8. The molecule has 0 aliphatic carbocycles. The number of para-hydroxylation sites is 1. The van der Waals surface area contributed by atoms with E-state index < -0.39 is 9.84 Å². The Labute approximate surface area is 153 Å². The Morgan fingerprint density at radius 2 is 2.24 bits per heavy atom. The van der Waals surface area contributed by atoms with Gasteiger partial charge in [-0.25, -0.2) is 13.4 Å². The molecule has 3 rings (SSSR count). The van der Waals surface area contributed by atoms with Crippen molar-refractivity contribution in [3.8, 4) is 0 Å². The summed E-state index contributed by atoms with van der Waals surface area (Å²) in [5.41, 5.74) is 2.22. The summed E-state index contributed by atoms with van der Waals surface area (Å²) in [6.07, 6.45) is 4.40. The van der Waals surface area contributed by atoms with Gasteiger partial charge < -0.3 is 5.32 Å². The number of hydrogen-bond donors (Lipinski definition) is 1. The molecule has 0 unspecified atom stereocenters. The number of hydrogen-bond acceptors (Lipinski definition) is 6. The quantitative estimate of drug-likeness (QED) is 0.750. The predicted octanol–water partition coefficient (Wildman–Crippen LogP) is 3.37. The van der Waals surface area contributed by atoms with Gasteiger partial charge in [0, 0.05) is 35.9 Å². The number of rotatable bonds is 7. The molecule has 1 N–H and O–H groups in total. The van der Waals surface area contributed by atoms with Gasteiger partial charge in [0.1, 0.15) is 0 Å². The Balaban J connectivity index is 1.68. The smallest absolute Gasteiger partial charge is 0.187 e. The van der Waals surface area contributed by atoms with E-state index >= 15 is 0 Å². The van der Waals surface area contributed by atoms with Gasteiger partial charge in [-0.15, -0.1) is 17.9 Å². The molecule has 2 heterocycles. The summed E-state index contributed by atoms with van der Waals surface area (Å²) in [5, 5.41) is 4.20. The Kier molecular flexibility index (Phi) is 5.56. The van der Waals surface area contributed by atoms with Crippen molar-refractivity contribution in [3.05, 3.63) is 53.6 Å². The Hall–Kier alpha value is -1.70. The third-order valence-corrected chi connectivity index (χ3v) is 7.04. The highest BCUT2D eigenvalue weighted by Gasteiger charge is 2.32. The van der Waals surface area contributed by atoms with E-state index in [9.17, 15) is 8.42 Å². The zero-order valence-corrected chi connectivity index (χ0v) is 15.9. The molecule has 0 saturated carbocycles. The van der Waals surface area contributed by atoms with Crippen LogP contribution < -0.4 is 5.32 Å². The topological polar surface area (TPSA) is 62.3 Å². The first kappa shape index (κ1) is 18.1. The van der Waals surface area contributed by atoms with Crippen molar-refractivity contribution in [2.45, 2.75) is 25.9 Å². The van der Waals surface area contributed by atoms with E-state index in [1.807, 2.05) is 30.5 Å². The highest BCUT2D eigenvalue weighted by molar-refractivity contribution is 7.91. The van der Waals surface area contributed by atoms with Gasteiger partial charge >= 0.3 is 0 Å². The normalized spacial score (nSPS) is 19.2. The first-order valence-electron chi connectivity index (χ1n) is 8.29. The molecule has 1 aromatic heterocycles. The average Bonchev–Trinajstić information content (AvgIpc) is 3.15. The fraction of sp³-hybridized carbons (Fsp3) is 0.389. The highest BCUT2D eigenvalue weighted by Crippen LogP contribution is 2.27. The van der Waals surface area contributed by atoms with Crippen molar-refractivity contribution in [2.24, 2.45) is 0 Å². The van der Waals surface area contributed by atoms with Crippen LogP contribution in [0.25, 0.3) is 0 Å². The zero-order valence-electron chi connectivity index (χ0n) is 14.3. The number of benzene rings is 1. The third-order valence-electron chi connectivity index (χ3n) is 4.39. The van der Waals surface area contributed by atoms with Crippen LogP contribution >= 0.6 is 11.3 Å². The molecule has 1 fully saturated rings. The van der Waals surface area contributed by atoms with Crippen molar-refractivity contribution in [2.75, 3.05) is 23.4 Å². The maximum Gasteiger partial charge on any atom is 0.187 e. The summed E-state index contributed by atoms with van der Waals surface area (Å²) < 4.78 is 23.5. The van der Waals surface area contributed by atoms with Crippen LogP contribution in [0.4, 0.5) is 10.8 Å². The SMILES string of the molecule is C=CCN(Cc1cnc(Nc2ccccc2C)s1)[C@H]1CCS(=O)(=O)C1. The second kappa shape index (κ2) is 7.68. The molecule has 134 valence electrons. The molecular formula is C18H23N3O2S2. The molecule has 1 aromatic carbocycles. The summed E-state index contributed by atoms with van der Waals surface area (Å²) in [6.45, 7) is 7.24. The molecule has 25 heavy (non-hydrogen) atoms. The van der Waals surface area contributed by atoms with E-state index in [0.29, 0.717) is 19.5 Å². The predicted molar refractivity (Wildman–Crippen MR) is 104 cm³/mol. The molecular weight excluding hydrogens is 354 g/mol. The largest absolute Gasteiger partial charge is 0.331 e. The van der Waals surface area contributed by atoms with E-state index in [2.05, 4.69) is 34.8 Å². The molecule has 1 aliphatic heterocycles. The molecule has 1 saturated heterocycles. The molecule has 1 atom stereocenters. The monoisotopic (exact) mass is 377 g/mol. The molecule has 0 amide bonds. The van der Waals surface area contributed by atoms with Crippen molar-refractivity contribution in [1.29, 1.82) is 0 Å². The van der Waals surface area contributed by atoms with Crippen molar-refractivity contribution < 1.29 is 8.42 Å². The van der Waals surface area contributed by atoms with Crippen LogP contribution in [0.3, 0.4) is 0 Å². The minimum atomic E-state index is -2.89. The Morgan fingerprint density at radius 1 is 1.44 bits per heavy atom. The van der Waals surface area contributed by atoms with Gasteiger partial charge in [-0.1, -0.05) is 24.3 Å². The highest BCUT2D eigenvalue weighted by atomic mass is 32.2. The van der Waals surface area contributed by atoms with E-state index in [1.54, 1.807) is 11.3 Å². The van der Waals surface area contributed by atoms with E-state index in [4.69, 9.17) is 0 Å². The van der Waals surface area contributed by atoms with Gasteiger partial charge in [0.05, 0.1) is 11.5 Å². The summed E-state index contributed by atoms with van der Waals surface area (Å²) in [6, 6.07) is 8.16. The van der Waals surface area contributed by atoms with Gasteiger partial charge in [-0.2, -0.15) is 0 Å². The van der Waals surface area contributed by atoms with E-state index in [-0.39, 0.29) is 17.5 Å². The van der Waals surface area contributed by atoms with Gasteiger partial charge in [0.25, 0.3) is 0 Å². The number of aromatic nitrogens is 1. The Morgan fingerprint density at radius 3 is 2.92 bits per heavy atom. The first-order chi connectivity index (χ1) is 12.0. The number of nitrogens with one attached hydrogen (secondary N) is 1. The molecule has 0 bridgehead atoms. The third kappa shape index (κ3) is 4.68. The zero-order chi connectivity index (χ0) is 17.9. The van der Waals surface area contributed by atoms with Crippen LogP contribution in [-0.2, 0) is 16.4 Å². The van der Waals surface area contributed by atoms with Crippen molar-refractivity contribution in [3.63, 3.8) is 0 Å². The number of aryl methyl sites for hydroxylation is 1. The Bertz CT molecular complexity index is 846. The van der Waals surface area contributed by atoms with Crippen LogP contribution in [0.15, 0.2) is 43.1 Å². The lowest BCUT2D eigenvalue weighted by atomic mass is 10.2. The molecule has 0 spiro atoms. The molecule has 7 heteroatoms. The van der Waals surface area contributed by atoms with Crippen molar-refractivity contribution in [1.82, 2.24) is 9.88 Å². The second-order valence-electron chi connectivity index (χ2n) is 6.35. The number of thiazole rings is 1. The maximum absolute atomic E-state index is 11.8. The molecule has 5 nitrogen and oxygen atoms in total. The molecule has 1 aliphatic rings. The van der Waals surface area contributed by atoms with Crippen LogP contribution in [0, 0.1) is 6.92 Å². The molecule has 0 radical (unpaired) electrons. The summed E-state index contributed by atoms with van der Waals surface area (Å²) >= 11 is 1.60. The van der Waals surface area contributed by atoms with Gasteiger partial charge in [0.2, 0.25) is 0 Å². The number of nitrogens with zero attached hydrogens (tertiary/aromatic N) is 2. The van der Waals surface area contributed by atoms with E-state index in [1.165, 1.54) is 5.56 Å². The lowest BCUT2D eigenvalue weighted by Crippen LogP contribution is -2.35.